The van der Waals surface area contributed by atoms with Crippen LogP contribution in [0.25, 0.3) is 0 Å². The highest BCUT2D eigenvalue weighted by Crippen LogP contribution is 2.35. The zero-order chi connectivity index (χ0) is 20.0. The molecule has 0 bridgehead atoms. The van der Waals surface area contributed by atoms with Gasteiger partial charge in [0.25, 0.3) is 17.4 Å². The molecule has 5 nitrogen and oxygen atoms in total. The van der Waals surface area contributed by atoms with Gasteiger partial charge in [-0.25, -0.2) is 0 Å². The molecule has 1 fully saturated rings. The lowest BCUT2D eigenvalue weighted by Gasteiger charge is -2.34. The Hall–Kier alpha value is -1.75. The lowest BCUT2D eigenvalue weighted by Crippen LogP contribution is -2.60. The summed E-state index contributed by atoms with van der Waals surface area (Å²) in [4.78, 5) is 25.7. The molecule has 3 rings (SSSR count). The van der Waals surface area contributed by atoms with Crippen LogP contribution in [0.3, 0.4) is 0 Å². The molecule has 6 heteroatoms. The highest BCUT2D eigenvalue weighted by Gasteiger charge is 2.47. The summed E-state index contributed by atoms with van der Waals surface area (Å²) in [6.07, 6.45) is 13.0. The maximum Gasteiger partial charge on any atom is 0.278 e. The number of hydrogen-bond donors (Lipinski definition) is 2. The number of hydrogen-bond acceptors (Lipinski definition) is 3. The van der Waals surface area contributed by atoms with Crippen molar-refractivity contribution in [3.63, 3.8) is 0 Å². The van der Waals surface area contributed by atoms with Crippen LogP contribution in [0.1, 0.15) is 77.6 Å². The Morgan fingerprint density at radius 3 is 2.25 bits per heavy atom. The van der Waals surface area contributed by atoms with Crippen molar-refractivity contribution in [3.8, 4) is 5.75 Å². The third-order valence-electron chi connectivity index (χ3n) is 5.81. The second-order valence-electron chi connectivity index (χ2n) is 8.16. The van der Waals surface area contributed by atoms with Gasteiger partial charge in [-0.1, -0.05) is 69.4 Å². The molecule has 0 radical (unpaired) electrons. The molecule has 0 spiro atoms. The lowest BCUT2D eigenvalue weighted by atomic mass is 9.96. The molecule has 154 valence electrons. The lowest BCUT2D eigenvalue weighted by molar-refractivity contribution is -0.147. The van der Waals surface area contributed by atoms with Crippen LogP contribution in [0.15, 0.2) is 18.2 Å². The van der Waals surface area contributed by atoms with Gasteiger partial charge in [0.2, 0.25) is 0 Å². The number of rotatable bonds is 2. The van der Waals surface area contributed by atoms with E-state index >= 15 is 0 Å². The molecular weight excluding hydrogens is 376 g/mol. The van der Waals surface area contributed by atoms with Crippen molar-refractivity contribution in [1.82, 2.24) is 5.32 Å². The van der Waals surface area contributed by atoms with Crippen LogP contribution < -0.4 is 15.4 Å². The summed E-state index contributed by atoms with van der Waals surface area (Å²) in [7, 11) is 0. The summed E-state index contributed by atoms with van der Waals surface area (Å²) >= 11 is 5.98. The fraction of sp³-hybridized carbons (Fsp3) is 0.636. The molecule has 28 heavy (non-hydrogen) atoms. The van der Waals surface area contributed by atoms with Crippen LogP contribution in [0.2, 0.25) is 5.02 Å². The number of amides is 2. The SMILES string of the molecule is CC1(C(=O)NC2CCCCCCCCCCC2)Oc2ccc(Cl)cc2NC1=O. The molecule has 1 saturated carbocycles. The molecular formula is C22H31ClN2O3. The first-order valence-electron chi connectivity index (χ1n) is 10.6. The molecule has 1 unspecified atom stereocenters. The van der Waals surface area contributed by atoms with Crippen LogP contribution >= 0.6 is 11.6 Å². The minimum Gasteiger partial charge on any atom is -0.466 e. The van der Waals surface area contributed by atoms with Gasteiger partial charge in [0.05, 0.1) is 5.69 Å². The zero-order valence-electron chi connectivity index (χ0n) is 16.7. The number of benzene rings is 1. The Morgan fingerprint density at radius 1 is 1.07 bits per heavy atom. The van der Waals surface area contributed by atoms with Gasteiger partial charge in [-0.3, -0.25) is 9.59 Å². The van der Waals surface area contributed by atoms with E-state index < -0.39 is 11.5 Å². The van der Waals surface area contributed by atoms with Crippen LogP contribution in [0.4, 0.5) is 5.69 Å². The maximum absolute atomic E-state index is 13.0. The maximum atomic E-state index is 13.0. The highest BCUT2D eigenvalue weighted by atomic mass is 35.5. The molecule has 1 atom stereocenters. The van der Waals surface area contributed by atoms with Crippen molar-refractivity contribution < 1.29 is 14.3 Å². The van der Waals surface area contributed by atoms with Crippen molar-refractivity contribution in [1.29, 1.82) is 0 Å². The molecule has 0 saturated heterocycles. The van der Waals surface area contributed by atoms with E-state index in [1.54, 1.807) is 18.2 Å². The largest absolute Gasteiger partial charge is 0.466 e. The van der Waals surface area contributed by atoms with Gasteiger partial charge >= 0.3 is 0 Å². The minimum absolute atomic E-state index is 0.0896. The number of ether oxygens (including phenoxy) is 1. The van der Waals surface area contributed by atoms with E-state index in [1.165, 1.54) is 51.9 Å². The monoisotopic (exact) mass is 406 g/mol. The van der Waals surface area contributed by atoms with Crippen molar-refractivity contribution >= 4 is 29.1 Å². The predicted molar refractivity (Wildman–Crippen MR) is 112 cm³/mol. The van der Waals surface area contributed by atoms with Crippen LogP contribution in [-0.4, -0.2) is 23.5 Å². The number of carbonyl (C=O) groups is 2. The van der Waals surface area contributed by atoms with Gasteiger partial charge in [0.1, 0.15) is 5.75 Å². The summed E-state index contributed by atoms with van der Waals surface area (Å²) in [5, 5.41) is 6.36. The van der Waals surface area contributed by atoms with Crippen molar-refractivity contribution in [2.45, 2.75) is 89.2 Å². The number of halogens is 1. The number of carbonyl (C=O) groups excluding carboxylic acids is 2. The van der Waals surface area contributed by atoms with E-state index in [1.807, 2.05) is 0 Å². The first-order valence-corrected chi connectivity index (χ1v) is 11.0. The quantitative estimate of drug-likeness (QED) is 0.661. The average molecular weight is 407 g/mol. The Kier molecular flexibility index (Phi) is 7.22. The number of nitrogens with one attached hydrogen (secondary N) is 2. The third-order valence-corrected chi connectivity index (χ3v) is 6.05. The van der Waals surface area contributed by atoms with Gasteiger partial charge in [-0.05, 0) is 38.0 Å². The minimum atomic E-state index is -1.58. The highest BCUT2D eigenvalue weighted by molar-refractivity contribution is 6.31. The summed E-state index contributed by atoms with van der Waals surface area (Å²) in [5.41, 5.74) is -1.08. The molecule has 1 aromatic carbocycles. The second kappa shape index (κ2) is 9.64. The van der Waals surface area contributed by atoms with E-state index in [9.17, 15) is 9.59 Å². The van der Waals surface area contributed by atoms with Crippen LogP contribution in [-0.2, 0) is 9.59 Å². The third kappa shape index (κ3) is 5.19. The van der Waals surface area contributed by atoms with Gasteiger partial charge in [0, 0.05) is 11.1 Å². The summed E-state index contributed by atoms with van der Waals surface area (Å²) in [6, 6.07) is 5.08. The molecule has 2 amide bonds. The average Bonchev–Trinajstić information content (AvgIpc) is 2.65. The summed E-state index contributed by atoms with van der Waals surface area (Å²) in [5.74, 6) is -0.379. The molecule has 1 aromatic rings. The van der Waals surface area contributed by atoms with E-state index in [0.717, 1.165) is 25.7 Å². The van der Waals surface area contributed by atoms with Crippen molar-refractivity contribution in [3.05, 3.63) is 23.2 Å². The fourth-order valence-corrected chi connectivity index (χ4v) is 4.15. The van der Waals surface area contributed by atoms with Gasteiger partial charge < -0.3 is 15.4 Å². The summed E-state index contributed by atoms with van der Waals surface area (Å²) in [6.45, 7) is 1.53. The standard InChI is InChI=1S/C22H31ClN2O3/c1-22(21(27)25-18-15-16(23)13-14-19(18)28-22)20(26)24-17-11-9-7-5-3-2-4-6-8-10-12-17/h13-15,17H,2-12H2,1H3,(H,24,26)(H,25,27). The Labute approximate surface area is 172 Å². The van der Waals surface area contributed by atoms with Crippen molar-refractivity contribution in [2.24, 2.45) is 0 Å². The van der Waals surface area contributed by atoms with Gasteiger partial charge in [-0.2, -0.15) is 0 Å². The predicted octanol–water partition coefficient (Wildman–Crippen LogP) is 5.22. The van der Waals surface area contributed by atoms with E-state index in [2.05, 4.69) is 10.6 Å². The Balaban J connectivity index is 1.65. The Morgan fingerprint density at radius 2 is 1.64 bits per heavy atom. The molecule has 1 aliphatic heterocycles. The van der Waals surface area contributed by atoms with Gasteiger partial charge in [-0.15, -0.1) is 0 Å². The fourth-order valence-electron chi connectivity index (χ4n) is 3.98. The number of fused-ring (bicyclic) bond motifs is 1. The van der Waals surface area contributed by atoms with Crippen LogP contribution in [0, 0.1) is 0 Å². The summed E-state index contributed by atoms with van der Waals surface area (Å²) < 4.78 is 5.84. The molecule has 1 heterocycles. The second-order valence-corrected chi connectivity index (χ2v) is 8.60. The molecule has 2 N–H and O–H groups in total. The topological polar surface area (TPSA) is 67.4 Å². The first kappa shape index (κ1) is 21.0. The Bertz CT molecular complexity index is 697. The molecule has 1 aliphatic carbocycles. The van der Waals surface area contributed by atoms with Crippen molar-refractivity contribution in [2.75, 3.05) is 5.32 Å². The zero-order valence-corrected chi connectivity index (χ0v) is 17.4. The smallest absolute Gasteiger partial charge is 0.278 e. The number of anilines is 1. The molecule has 2 aliphatic rings. The normalized spacial score (nSPS) is 24.7. The van der Waals surface area contributed by atoms with Crippen LogP contribution in [0.5, 0.6) is 5.75 Å². The molecule has 0 aromatic heterocycles. The first-order chi connectivity index (χ1) is 13.5. The van der Waals surface area contributed by atoms with E-state index in [4.69, 9.17) is 16.3 Å². The van der Waals surface area contributed by atoms with E-state index in [0.29, 0.717) is 16.5 Å². The van der Waals surface area contributed by atoms with Gasteiger partial charge in [0.15, 0.2) is 0 Å². The van der Waals surface area contributed by atoms with E-state index in [-0.39, 0.29) is 11.9 Å².